The fourth-order valence-electron chi connectivity index (χ4n) is 4.04. The van der Waals surface area contributed by atoms with Gasteiger partial charge in [0.1, 0.15) is 28.4 Å². The Kier molecular flexibility index (Phi) is 5.26. The summed E-state index contributed by atoms with van der Waals surface area (Å²) in [5, 5.41) is 10.9. The van der Waals surface area contributed by atoms with Crippen molar-refractivity contribution in [3.63, 3.8) is 0 Å². The molecule has 0 aliphatic heterocycles. The highest BCUT2D eigenvalue weighted by molar-refractivity contribution is 6.14. The van der Waals surface area contributed by atoms with Crippen molar-refractivity contribution in [3.8, 4) is 28.4 Å². The van der Waals surface area contributed by atoms with Gasteiger partial charge in [0.05, 0.1) is 30.6 Å². The van der Waals surface area contributed by atoms with Gasteiger partial charge in [0.25, 0.3) is 0 Å². The van der Waals surface area contributed by atoms with Gasteiger partial charge in [-0.05, 0) is 54.1 Å². The van der Waals surface area contributed by atoms with Crippen molar-refractivity contribution in [2.75, 3.05) is 14.2 Å². The molecule has 0 amide bonds. The van der Waals surface area contributed by atoms with Gasteiger partial charge in [-0.3, -0.25) is 9.59 Å². The van der Waals surface area contributed by atoms with E-state index in [1.165, 1.54) is 12.1 Å². The quantitative estimate of drug-likeness (QED) is 0.277. The zero-order valence-corrected chi connectivity index (χ0v) is 18.5. The van der Waals surface area contributed by atoms with Gasteiger partial charge in [0, 0.05) is 17.2 Å². The predicted molar refractivity (Wildman–Crippen MR) is 130 cm³/mol. The van der Waals surface area contributed by atoms with E-state index in [1.807, 2.05) is 0 Å². The number of carbonyl (C=O) groups is 1. The van der Waals surface area contributed by atoms with Crippen LogP contribution < -0.4 is 14.9 Å². The molecule has 0 aliphatic rings. The molecule has 0 atom stereocenters. The Balaban J connectivity index is 1.87. The first-order valence-corrected chi connectivity index (χ1v) is 10.6. The maximum absolute atomic E-state index is 13.4. The highest BCUT2D eigenvalue weighted by Gasteiger charge is 2.20. The summed E-state index contributed by atoms with van der Waals surface area (Å²) in [6, 6.07) is 21.7. The molecule has 0 radical (unpaired) electrons. The van der Waals surface area contributed by atoms with Crippen LogP contribution >= 0.6 is 0 Å². The molecule has 168 valence electrons. The highest BCUT2D eigenvalue weighted by Crippen LogP contribution is 2.36. The van der Waals surface area contributed by atoms with E-state index < -0.39 is 5.78 Å². The minimum absolute atomic E-state index is 0.136. The molecule has 0 spiro atoms. The molecular formula is C28H20O6. The van der Waals surface area contributed by atoms with Crippen molar-refractivity contribution in [3.05, 3.63) is 100 Å². The van der Waals surface area contributed by atoms with E-state index in [1.54, 1.807) is 80.9 Å². The number of hydrogen-bond donors (Lipinski definition) is 1. The van der Waals surface area contributed by atoms with E-state index in [9.17, 15) is 14.7 Å². The van der Waals surface area contributed by atoms with Crippen LogP contribution in [0.15, 0.2) is 88.1 Å². The van der Waals surface area contributed by atoms with E-state index >= 15 is 0 Å². The Morgan fingerprint density at radius 1 is 0.824 bits per heavy atom. The molecule has 0 bridgehead atoms. The smallest absolute Gasteiger partial charge is 0.200 e. The Morgan fingerprint density at radius 2 is 1.50 bits per heavy atom. The average molecular weight is 452 g/mol. The third kappa shape index (κ3) is 3.55. The normalized spacial score (nSPS) is 11.0. The van der Waals surface area contributed by atoms with Crippen LogP contribution in [0.4, 0.5) is 0 Å². The molecule has 5 rings (SSSR count). The lowest BCUT2D eigenvalue weighted by Crippen LogP contribution is -2.07. The summed E-state index contributed by atoms with van der Waals surface area (Å²) < 4.78 is 17.0. The Labute approximate surface area is 194 Å². The maximum atomic E-state index is 13.4. The minimum Gasteiger partial charge on any atom is -0.507 e. The first kappa shape index (κ1) is 21.3. The standard InChI is InChI=1S/C28H20O6/c1-32-18-11-16(12-19(15-18)33-2)22-13-17(26(30)20-7-3-5-9-24(20)29)14-23-27(31)21-8-4-6-10-25(21)34-28(22)23/h3-15,29H,1-2H3. The molecule has 4 aromatic carbocycles. The molecular weight excluding hydrogens is 432 g/mol. The molecule has 1 heterocycles. The molecule has 34 heavy (non-hydrogen) atoms. The lowest BCUT2D eigenvalue weighted by atomic mass is 9.94. The fraction of sp³-hybridized carbons (Fsp3) is 0.0714. The van der Waals surface area contributed by atoms with Gasteiger partial charge in [0.15, 0.2) is 5.78 Å². The number of ketones is 1. The van der Waals surface area contributed by atoms with E-state index in [0.29, 0.717) is 39.2 Å². The molecule has 0 saturated carbocycles. The summed E-state index contributed by atoms with van der Waals surface area (Å²) in [5.41, 5.74) is 2.08. The van der Waals surface area contributed by atoms with Crippen molar-refractivity contribution in [1.29, 1.82) is 0 Å². The van der Waals surface area contributed by atoms with Crippen LogP contribution in [0.5, 0.6) is 17.2 Å². The van der Waals surface area contributed by atoms with Gasteiger partial charge in [-0.25, -0.2) is 0 Å². The molecule has 0 aliphatic carbocycles. The summed E-state index contributed by atoms with van der Waals surface area (Å²) in [4.78, 5) is 26.8. The van der Waals surface area contributed by atoms with E-state index in [2.05, 4.69) is 0 Å². The minimum atomic E-state index is -0.413. The number of hydrogen-bond acceptors (Lipinski definition) is 6. The highest BCUT2D eigenvalue weighted by atomic mass is 16.5. The van der Waals surface area contributed by atoms with Crippen LogP contribution in [0, 0.1) is 0 Å². The first-order chi connectivity index (χ1) is 16.5. The number of ether oxygens (including phenoxy) is 2. The monoisotopic (exact) mass is 452 g/mol. The first-order valence-electron chi connectivity index (χ1n) is 10.6. The van der Waals surface area contributed by atoms with E-state index in [-0.39, 0.29) is 27.7 Å². The largest absolute Gasteiger partial charge is 0.507 e. The number of fused-ring (bicyclic) bond motifs is 2. The Bertz CT molecular complexity index is 1610. The summed E-state index contributed by atoms with van der Waals surface area (Å²) in [6.45, 7) is 0. The van der Waals surface area contributed by atoms with Crippen LogP contribution in [-0.2, 0) is 0 Å². The van der Waals surface area contributed by atoms with Crippen LogP contribution in [0.3, 0.4) is 0 Å². The average Bonchev–Trinajstić information content (AvgIpc) is 2.88. The predicted octanol–water partition coefficient (Wildman–Crippen LogP) is 5.57. The lowest BCUT2D eigenvalue weighted by Gasteiger charge is -2.13. The second kappa shape index (κ2) is 8.41. The van der Waals surface area contributed by atoms with Crippen LogP contribution in [-0.4, -0.2) is 25.1 Å². The second-order valence-electron chi connectivity index (χ2n) is 7.78. The molecule has 0 saturated heterocycles. The molecule has 1 N–H and O–H groups in total. The summed E-state index contributed by atoms with van der Waals surface area (Å²) in [5.74, 6) is 0.539. The van der Waals surface area contributed by atoms with Crippen molar-refractivity contribution in [2.24, 2.45) is 0 Å². The Hall–Kier alpha value is -4.58. The molecule has 6 heteroatoms. The van der Waals surface area contributed by atoms with Gasteiger partial charge in [-0.15, -0.1) is 0 Å². The van der Waals surface area contributed by atoms with Gasteiger partial charge in [-0.2, -0.15) is 0 Å². The van der Waals surface area contributed by atoms with E-state index in [4.69, 9.17) is 13.9 Å². The van der Waals surface area contributed by atoms with Gasteiger partial charge in [-0.1, -0.05) is 24.3 Å². The second-order valence-corrected chi connectivity index (χ2v) is 7.78. The zero-order valence-electron chi connectivity index (χ0n) is 18.5. The zero-order chi connectivity index (χ0) is 23.8. The SMILES string of the molecule is COc1cc(OC)cc(-c2cc(C(=O)c3ccccc3O)cc3c(=O)c4ccccc4oc23)c1. The van der Waals surface area contributed by atoms with Crippen molar-refractivity contribution >= 4 is 27.7 Å². The number of phenolic OH excluding ortho intramolecular Hbond substituents is 1. The lowest BCUT2D eigenvalue weighted by molar-refractivity contribution is 0.103. The molecule has 1 aromatic heterocycles. The fourth-order valence-corrected chi connectivity index (χ4v) is 4.04. The number of carbonyl (C=O) groups excluding carboxylic acids is 1. The topological polar surface area (TPSA) is 86.0 Å². The van der Waals surface area contributed by atoms with Gasteiger partial charge < -0.3 is 19.0 Å². The maximum Gasteiger partial charge on any atom is 0.200 e. The number of aromatic hydroxyl groups is 1. The number of rotatable bonds is 5. The number of phenols is 1. The third-order valence-corrected chi connectivity index (χ3v) is 5.75. The number of para-hydroxylation sites is 2. The van der Waals surface area contributed by atoms with Crippen LogP contribution in [0.2, 0.25) is 0 Å². The van der Waals surface area contributed by atoms with Crippen LogP contribution in [0.1, 0.15) is 15.9 Å². The van der Waals surface area contributed by atoms with Crippen molar-refractivity contribution in [2.45, 2.75) is 0 Å². The van der Waals surface area contributed by atoms with Crippen molar-refractivity contribution in [1.82, 2.24) is 0 Å². The van der Waals surface area contributed by atoms with E-state index in [0.717, 1.165) is 0 Å². The third-order valence-electron chi connectivity index (χ3n) is 5.75. The summed E-state index contributed by atoms with van der Waals surface area (Å²) in [6.07, 6.45) is 0. The van der Waals surface area contributed by atoms with Crippen molar-refractivity contribution < 1.29 is 23.8 Å². The molecule has 0 unspecified atom stereocenters. The summed E-state index contributed by atoms with van der Waals surface area (Å²) >= 11 is 0. The number of methoxy groups -OCH3 is 2. The van der Waals surface area contributed by atoms with Gasteiger partial charge >= 0.3 is 0 Å². The molecule has 5 aromatic rings. The molecule has 6 nitrogen and oxygen atoms in total. The Morgan fingerprint density at radius 3 is 2.21 bits per heavy atom. The van der Waals surface area contributed by atoms with Crippen LogP contribution in [0.25, 0.3) is 33.1 Å². The molecule has 0 fully saturated rings. The summed E-state index contributed by atoms with van der Waals surface area (Å²) in [7, 11) is 3.09. The number of benzene rings is 4. The van der Waals surface area contributed by atoms with Gasteiger partial charge in [0.2, 0.25) is 5.43 Å².